The van der Waals surface area contributed by atoms with Crippen molar-refractivity contribution < 1.29 is 4.74 Å². The van der Waals surface area contributed by atoms with Crippen molar-refractivity contribution in [2.24, 2.45) is 11.8 Å². The van der Waals surface area contributed by atoms with Crippen molar-refractivity contribution in [2.45, 2.75) is 82.4 Å². The zero-order chi connectivity index (χ0) is 16.3. The van der Waals surface area contributed by atoms with E-state index in [4.69, 9.17) is 4.74 Å². The molecule has 2 rings (SSSR count). The maximum Gasteiger partial charge on any atom is 0.119 e. The summed E-state index contributed by atoms with van der Waals surface area (Å²) in [6.07, 6.45) is 15.6. The number of benzene rings is 1. The molecule has 1 fully saturated rings. The van der Waals surface area contributed by atoms with Gasteiger partial charge in [0.05, 0.1) is 6.61 Å². The van der Waals surface area contributed by atoms with Crippen molar-refractivity contribution in [3.8, 4) is 5.75 Å². The zero-order valence-corrected chi connectivity index (χ0v) is 15.7. The van der Waals surface area contributed by atoms with Crippen molar-refractivity contribution in [2.75, 3.05) is 6.61 Å². The van der Waals surface area contributed by atoms with Crippen LogP contribution >= 0.6 is 12.6 Å². The lowest BCUT2D eigenvalue weighted by Crippen LogP contribution is -2.20. The third-order valence-corrected chi connectivity index (χ3v) is 5.55. The van der Waals surface area contributed by atoms with E-state index in [0.29, 0.717) is 0 Å². The molecule has 1 aliphatic rings. The molecule has 0 bridgehead atoms. The lowest BCUT2D eigenvalue weighted by Gasteiger charge is -2.28. The Kier molecular flexibility index (Phi) is 8.96. The van der Waals surface area contributed by atoms with Gasteiger partial charge in [-0.1, -0.05) is 64.7 Å². The van der Waals surface area contributed by atoms with Crippen LogP contribution in [0.15, 0.2) is 29.2 Å². The summed E-state index contributed by atoms with van der Waals surface area (Å²) in [4.78, 5) is 0.993. The summed E-state index contributed by atoms with van der Waals surface area (Å²) in [5, 5.41) is 0. The van der Waals surface area contributed by atoms with E-state index in [9.17, 15) is 0 Å². The maximum absolute atomic E-state index is 5.94. The first-order chi connectivity index (χ1) is 11.3. The first-order valence-corrected chi connectivity index (χ1v) is 10.1. The Hall–Kier alpha value is -0.630. The van der Waals surface area contributed by atoms with Crippen molar-refractivity contribution >= 4 is 12.6 Å². The molecule has 0 amide bonds. The molecule has 2 heteroatoms. The van der Waals surface area contributed by atoms with Gasteiger partial charge in [-0.25, -0.2) is 0 Å². The minimum Gasteiger partial charge on any atom is -0.493 e. The zero-order valence-electron chi connectivity index (χ0n) is 14.8. The number of hydrogen-bond acceptors (Lipinski definition) is 2. The van der Waals surface area contributed by atoms with E-state index in [1.54, 1.807) is 0 Å². The highest BCUT2D eigenvalue weighted by Crippen LogP contribution is 2.32. The summed E-state index contributed by atoms with van der Waals surface area (Å²) in [5.74, 6) is 2.73. The summed E-state index contributed by atoms with van der Waals surface area (Å²) in [5.41, 5.74) is 0. The van der Waals surface area contributed by atoms with Crippen LogP contribution < -0.4 is 4.74 Å². The van der Waals surface area contributed by atoms with Gasteiger partial charge in [-0.2, -0.15) is 0 Å². The van der Waals surface area contributed by atoms with E-state index in [2.05, 4.69) is 19.6 Å². The van der Waals surface area contributed by atoms with Gasteiger partial charge in [0.2, 0.25) is 0 Å². The van der Waals surface area contributed by atoms with Crippen LogP contribution in [-0.4, -0.2) is 6.61 Å². The molecule has 0 spiro atoms. The minimum absolute atomic E-state index is 0.756. The molecule has 23 heavy (non-hydrogen) atoms. The molecule has 0 saturated heterocycles. The van der Waals surface area contributed by atoms with Crippen LogP contribution in [0.4, 0.5) is 0 Å². The molecule has 0 N–H and O–H groups in total. The van der Waals surface area contributed by atoms with Crippen LogP contribution in [0.25, 0.3) is 0 Å². The second kappa shape index (κ2) is 11.0. The number of unbranched alkanes of at least 4 members (excludes halogenated alkanes) is 5. The number of rotatable bonds is 10. The van der Waals surface area contributed by atoms with Crippen molar-refractivity contribution in [3.05, 3.63) is 24.3 Å². The highest BCUT2D eigenvalue weighted by Gasteiger charge is 2.21. The van der Waals surface area contributed by atoms with Crippen molar-refractivity contribution in [3.63, 3.8) is 0 Å². The third kappa shape index (κ3) is 7.65. The molecule has 1 aromatic rings. The average molecular weight is 335 g/mol. The van der Waals surface area contributed by atoms with Crippen molar-refractivity contribution in [1.82, 2.24) is 0 Å². The summed E-state index contributed by atoms with van der Waals surface area (Å²) < 4.78 is 5.94. The number of hydrogen-bond donors (Lipinski definition) is 1. The van der Waals surface area contributed by atoms with E-state index >= 15 is 0 Å². The average Bonchev–Trinajstić information content (AvgIpc) is 2.58. The van der Waals surface area contributed by atoms with Gasteiger partial charge in [-0.3, -0.25) is 0 Å². The Morgan fingerprint density at radius 3 is 2.17 bits per heavy atom. The first kappa shape index (κ1) is 18.7. The summed E-state index contributed by atoms with van der Waals surface area (Å²) in [6, 6.07) is 8.03. The lowest BCUT2D eigenvalue weighted by molar-refractivity contribution is 0.177. The van der Waals surface area contributed by atoms with Gasteiger partial charge in [-0.15, -0.1) is 12.6 Å². The van der Waals surface area contributed by atoms with Crippen molar-refractivity contribution in [1.29, 1.82) is 0 Å². The molecule has 0 aliphatic heterocycles. The van der Waals surface area contributed by atoms with Gasteiger partial charge >= 0.3 is 0 Å². The summed E-state index contributed by atoms with van der Waals surface area (Å²) in [6.45, 7) is 3.17. The molecule has 1 aliphatic carbocycles. The van der Waals surface area contributed by atoms with Crippen LogP contribution in [-0.2, 0) is 0 Å². The van der Waals surface area contributed by atoms with Gasteiger partial charge in [0.15, 0.2) is 0 Å². The molecular formula is C21H34OS. The fourth-order valence-electron chi connectivity index (χ4n) is 3.66. The summed E-state index contributed by atoms with van der Waals surface area (Å²) in [7, 11) is 0. The highest BCUT2D eigenvalue weighted by atomic mass is 32.1. The van der Waals surface area contributed by atoms with E-state index < -0.39 is 0 Å². The van der Waals surface area contributed by atoms with Crippen LogP contribution in [0.1, 0.15) is 77.6 Å². The highest BCUT2D eigenvalue weighted by molar-refractivity contribution is 7.80. The van der Waals surface area contributed by atoms with Crippen LogP contribution in [0.2, 0.25) is 0 Å². The fourth-order valence-corrected chi connectivity index (χ4v) is 3.81. The largest absolute Gasteiger partial charge is 0.493 e. The molecule has 0 atom stereocenters. The van der Waals surface area contributed by atoms with E-state index in [1.165, 1.54) is 70.6 Å². The second-order valence-corrected chi connectivity index (χ2v) is 7.76. The molecular weight excluding hydrogens is 300 g/mol. The minimum atomic E-state index is 0.756. The Morgan fingerprint density at radius 1 is 0.870 bits per heavy atom. The molecule has 0 aromatic heterocycles. The van der Waals surface area contributed by atoms with Crippen LogP contribution in [0.3, 0.4) is 0 Å². The van der Waals surface area contributed by atoms with Gasteiger partial charge in [-0.05, 0) is 48.9 Å². The van der Waals surface area contributed by atoms with Gasteiger partial charge in [0, 0.05) is 4.90 Å². The predicted octanol–water partition coefficient (Wildman–Crippen LogP) is 6.91. The second-order valence-electron chi connectivity index (χ2n) is 7.25. The topological polar surface area (TPSA) is 9.23 Å². The third-order valence-electron chi connectivity index (χ3n) is 5.25. The maximum atomic E-state index is 5.94. The van der Waals surface area contributed by atoms with Gasteiger partial charge in [0.1, 0.15) is 5.75 Å². The van der Waals surface area contributed by atoms with Gasteiger partial charge in [0.25, 0.3) is 0 Å². The van der Waals surface area contributed by atoms with E-state index in [1.807, 2.05) is 24.3 Å². The van der Waals surface area contributed by atoms with Crippen LogP contribution in [0.5, 0.6) is 5.75 Å². The normalized spacial score (nSPS) is 21.3. The molecule has 1 saturated carbocycles. The molecule has 0 unspecified atom stereocenters. The van der Waals surface area contributed by atoms with E-state index in [0.717, 1.165) is 29.1 Å². The smallest absolute Gasteiger partial charge is 0.119 e. The summed E-state index contributed by atoms with van der Waals surface area (Å²) >= 11 is 4.31. The quantitative estimate of drug-likeness (QED) is 0.361. The molecule has 0 radical (unpaired) electrons. The fraction of sp³-hybridized carbons (Fsp3) is 0.714. The predicted molar refractivity (Wildman–Crippen MR) is 103 cm³/mol. The Labute approximate surface area is 148 Å². The van der Waals surface area contributed by atoms with Crippen LogP contribution in [0, 0.1) is 11.8 Å². The Balaban J connectivity index is 1.52. The lowest BCUT2D eigenvalue weighted by atomic mass is 9.80. The number of thiol groups is 1. The first-order valence-electron chi connectivity index (χ1n) is 9.69. The number of ether oxygens (including phenoxy) is 1. The monoisotopic (exact) mass is 334 g/mol. The van der Waals surface area contributed by atoms with Gasteiger partial charge < -0.3 is 4.74 Å². The molecule has 130 valence electrons. The SMILES string of the molecule is CCCCCCCCC1CCC(COc2ccc(S)cc2)CC1. The Bertz CT molecular complexity index is 406. The molecule has 0 heterocycles. The standard InChI is InChI=1S/C21H34OS/c1-2-3-4-5-6-7-8-18-9-11-19(12-10-18)17-22-20-13-15-21(23)16-14-20/h13-16,18-19,23H,2-12,17H2,1H3. The molecule has 1 aromatic carbocycles. The van der Waals surface area contributed by atoms with E-state index in [-0.39, 0.29) is 0 Å². The molecule has 1 nitrogen and oxygen atoms in total. The Morgan fingerprint density at radius 2 is 1.48 bits per heavy atom.